The van der Waals surface area contributed by atoms with E-state index in [0.29, 0.717) is 45.0 Å². The van der Waals surface area contributed by atoms with Gasteiger partial charge in [-0.2, -0.15) is 4.31 Å². The molecule has 0 saturated carbocycles. The Morgan fingerprint density at radius 1 is 1.07 bits per heavy atom. The van der Waals surface area contributed by atoms with Gasteiger partial charge in [-0.25, -0.2) is 8.42 Å². The molecule has 0 unspecified atom stereocenters. The van der Waals surface area contributed by atoms with Gasteiger partial charge in [0.05, 0.1) is 18.1 Å². The lowest BCUT2D eigenvalue weighted by molar-refractivity contribution is 0.0302. The van der Waals surface area contributed by atoms with Crippen LogP contribution in [0.1, 0.15) is 22.8 Å². The quantitative estimate of drug-likeness (QED) is 0.762. The first-order valence-corrected chi connectivity index (χ1v) is 10.5. The Kier molecular flexibility index (Phi) is 6.26. The number of rotatable bonds is 6. The molecular weight excluding hydrogens is 364 g/mol. The molecule has 0 spiro atoms. The summed E-state index contributed by atoms with van der Waals surface area (Å²) in [4.78, 5) is 14.5. The fourth-order valence-electron chi connectivity index (χ4n) is 3.04. The van der Waals surface area contributed by atoms with Crippen molar-refractivity contribution in [2.45, 2.75) is 18.4 Å². The van der Waals surface area contributed by atoms with Crippen LogP contribution in [0.4, 0.5) is 0 Å². The van der Waals surface area contributed by atoms with Crippen molar-refractivity contribution in [2.75, 3.05) is 32.8 Å². The minimum atomic E-state index is -3.70. The molecule has 1 saturated heterocycles. The maximum Gasteiger partial charge on any atom is 0.254 e. The first kappa shape index (κ1) is 19.5. The van der Waals surface area contributed by atoms with Crippen LogP contribution in [0.5, 0.6) is 0 Å². The third-order valence-electron chi connectivity index (χ3n) is 4.57. The summed E-state index contributed by atoms with van der Waals surface area (Å²) in [7, 11) is -3.70. The molecule has 27 heavy (non-hydrogen) atoms. The zero-order valence-electron chi connectivity index (χ0n) is 15.4. The lowest BCUT2D eigenvalue weighted by atomic mass is 10.2. The highest BCUT2D eigenvalue weighted by Crippen LogP contribution is 2.20. The number of carbonyl (C=O) groups is 1. The Labute approximate surface area is 160 Å². The van der Waals surface area contributed by atoms with Gasteiger partial charge in [-0.1, -0.05) is 43.3 Å². The van der Waals surface area contributed by atoms with E-state index < -0.39 is 10.0 Å². The lowest BCUT2D eigenvalue weighted by Crippen LogP contribution is -2.40. The average molecular weight is 388 g/mol. The molecule has 0 aliphatic carbocycles. The second-order valence-corrected chi connectivity index (χ2v) is 8.29. The van der Waals surface area contributed by atoms with E-state index in [-0.39, 0.29) is 10.8 Å². The van der Waals surface area contributed by atoms with Crippen LogP contribution >= 0.6 is 0 Å². The fourth-order valence-corrected chi connectivity index (χ4v) is 4.52. The van der Waals surface area contributed by atoms with Gasteiger partial charge in [0.2, 0.25) is 10.0 Å². The molecule has 1 fully saturated rings. The predicted molar refractivity (Wildman–Crippen MR) is 103 cm³/mol. The molecule has 7 heteroatoms. The second-order valence-electron chi connectivity index (χ2n) is 6.35. The number of amides is 1. The second kappa shape index (κ2) is 8.65. The van der Waals surface area contributed by atoms with Crippen molar-refractivity contribution in [1.29, 1.82) is 0 Å². The molecule has 1 aliphatic rings. The van der Waals surface area contributed by atoms with Gasteiger partial charge in [-0.15, -0.1) is 0 Å². The maximum absolute atomic E-state index is 13.1. The van der Waals surface area contributed by atoms with Gasteiger partial charge in [0.15, 0.2) is 0 Å². The van der Waals surface area contributed by atoms with Gasteiger partial charge in [-0.05, 0) is 23.8 Å². The van der Waals surface area contributed by atoms with Crippen molar-refractivity contribution in [2.24, 2.45) is 0 Å². The summed E-state index contributed by atoms with van der Waals surface area (Å²) in [5, 5.41) is 0. The van der Waals surface area contributed by atoms with Crippen LogP contribution in [0, 0.1) is 0 Å². The number of nitrogens with zero attached hydrogens (tertiary/aromatic N) is 2. The topological polar surface area (TPSA) is 66.9 Å². The van der Waals surface area contributed by atoms with Gasteiger partial charge in [0.1, 0.15) is 0 Å². The smallest absolute Gasteiger partial charge is 0.254 e. The highest BCUT2D eigenvalue weighted by atomic mass is 32.2. The van der Waals surface area contributed by atoms with Gasteiger partial charge in [0, 0.05) is 31.7 Å². The van der Waals surface area contributed by atoms with E-state index in [0.717, 1.165) is 5.56 Å². The van der Waals surface area contributed by atoms with Crippen molar-refractivity contribution >= 4 is 15.9 Å². The first-order chi connectivity index (χ1) is 13.0. The molecule has 144 valence electrons. The highest BCUT2D eigenvalue weighted by Gasteiger charge is 2.25. The van der Waals surface area contributed by atoms with Crippen LogP contribution in [-0.2, 0) is 21.3 Å². The number of hydrogen-bond donors (Lipinski definition) is 0. The minimum absolute atomic E-state index is 0.138. The SMILES string of the molecule is CCN(Cc1ccccc1)S(=O)(=O)c1cccc(C(=O)N2CCOCC2)c1. The normalized spacial score (nSPS) is 15.1. The van der Waals surface area contributed by atoms with Crippen molar-refractivity contribution in [3.05, 3.63) is 65.7 Å². The van der Waals surface area contributed by atoms with E-state index >= 15 is 0 Å². The molecule has 2 aromatic rings. The molecule has 6 nitrogen and oxygen atoms in total. The lowest BCUT2D eigenvalue weighted by Gasteiger charge is -2.27. The number of ether oxygens (including phenoxy) is 1. The number of sulfonamides is 1. The molecule has 3 rings (SSSR count). The van der Waals surface area contributed by atoms with E-state index in [4.69, 9.17) is 4.74 Å². The third kappa shape index (κ3) is 4.55. The monoisotopic (exact) mass is 388 g/mol. The molecule has 0 N–H and O–H groups in total. The summed E-state index contributed by atoms with van der Waals surface area (Å²) in [5.41, 5.74) is 1.30. The number of morpholine rings is 1. The Hall–Kier alpha value is -2.22. The predicted octanol–water partition coefficient (Wildman–Crippen LogP) is 2.37. The van der Waals surface area contributed by atoms with E-state index in [9.17, 15) is 13.2 Å². The molecular formula is C20H24N2O4S. The summed E-state index contributed by atoms with van der Waals surface area (Å²) in [6.07, 6.45) is 0. The molecule has 2 aromatic carbocycles. The summed E-state index contributed by atoms with van der Waals surface area (Å²) in [6.45, 7) is 4.49. The third-order valence-corrected chi connectivity index (χ3v) is 6.49. The molecule has 0 atom stereocenters. The number of benzene rings is 2. The minimum Gasteiger partial charge on any atom is -0.378 e. The zero-order chi connectivity index (χ0) is 19.3. The van der Waals surface area contributed by atoms with E-state index in [2.05, 4.69) is 0 Å². The van der Waals surface area contributed by atoms with E-state index in [1.54, 1.807) is 23.1 Å². The average Bonchev–Trinajstić information content (AvgIpc) is 2.73. The van der Waals surface area contributed by atoms with Crippen LogP contribution in [0.25, 0.3) is 0 Å². The summed E-state index contributed by atoms with van der Waals surface area (Å²) in [5.74, 6) is -0.165. The Morgan fingerprint density at radius 3 is 2.44 bits per heavy atom. The van der Waals surface area contributed by atoms with Gasteiger partial charge >= 0.3 is 0 Å². The van der Waals surface area contributed by atoms with Gasteiger partial charge in [-0.3, -0.25) is 4.79 Å². The van der Waals surface area contributed by atoms with Crippen molar-refractivity contribution in [3.63, 3.8) is 0 Å². The standard InChI is InChI=1S/C20H24N2O4S/c1-2-22(16-17-7-4-3-5-8-17)27(24,25)19-10-6-9-18(15-19)20(23)21-11-13-26-14-12-21/h3-10,15H,2,11-14,16H2,1H3. The van der Waals surface area contributed by atoms with Crippen molar-refractivity contribution in [1.82, 2.24) is 9.21 Å². The van der Waals surface area contributed by atoms with Crippen LogP contribution in [-0.4, -0.2) is 56.4 Å². The largest absolute Gasteiger partial charge is 0.378 e. The van der Waals surface area contributed by atoms with Crippen molar-refractivity contribution in [3.8, 4) is 0 Å². The first-order valence-electron chi connectivity index (χ1n) is 9.03. The Balaban J connectivity index is 1.84. The summed E-state index contributed by atoms with van der Waals surface area (Å²) < 4.78 is 32.9. The van der Waals surface area contributed by atoms with E-state index in [1.165, 1.54) is 10.4 Å². The van der Waals surface area contributed by atoms with Crippen LogP contribution in [0.3, 0.4) is 0 Å². The molecule has 0 aromatic heterocycles. The summed E-state index contributed by atoms with van der Waals surface area (Å²) in [6, 6.07) is 15.8. The molecule has 1 amide bonds. The van der Waals surface area contributed by atoms with Crippen molar-refractivity contribution < 1.29 is 17.9 Å². The van der Waals surface area contributed by atoms with E-state index in [1.807, 2.05) is 37.3 Å². The number of carbonyl (C=O) groups excluding carboxylic acids is 1. The van der Waals surface area contributed by atoms with Gasteiger partial charge < -0.3 is 9.64 Å². The molecule has 1 aliphatic heterocycles. The van der Waals surface area contributed by atoms with Crippen LogP contribution in [0.15, 0.2) is 59.5 Å². The maximum atomic E-state index is 13.1. The Bertz CT molecular complexity index is 878. The van der Waals surface area contributed by atoms with Crippen LogP contribution < -0.4 is 0 Å². The number of hydrogen-bond acceptors (Lipinski definition) is 4. The summed E-state index contributed by atoms with van der Waals surface area (Å²) >= 11 is 0. The molecule has 1 heterocycles. The van der Waals surface area contributed by atoms with Crippen LogP contribution in [0.2, 0.25) is 0 Å². The zero-order valence-corrected chi connectivity index (χ0v) is 16.2. The van der Waals surface area contributed by atoms with Gasteiger partial charge in [0.25, 0.3) is 5.91 Å². The fraction of sp³-hybridized carbons (Fsp3) is 0.350. The molecule has 0 radical (unpaired) electrons. The highest BCUT2D eigenvalue weighted by molar-refractivity contribution is 7.89. The molecule has 0 bridgehead atoms. The Morgan fingerprint density at radius 2 is 1.78 bits per heavy atom.